The number of para-hydroxylation sites is 1. The van der Waals surface area contributed by atoms with Gasteiger partial charge in [-0.1, -0.05) is 18.2 Å². The molecule has 6 heteroatoms. The van der Waals surface area contributed by atoms with E-state index in [0.717, 1.165) is 43.5 Å². The third-order valence-corrected chi connectivity index (χ3v) is 3.95. The molecule has 0 bridgehead atoms. The van der Waals surface area contributed by atoms with Crippen molar-refractivity contribution in [1.82, 2.24) is 20.0 Å². The zero-order chi connectivity index (χ0) is 18.1. The fourth-order valence-electron chi connectivity index (χ4n) is 2.64. The standard InChI is InChI=1S/C19H29N5O/c1-16-15-17(2)24(22-16)12-8-11-21-19(20-3)23(4)13-14-25-18-9-6-5-7-10-18/h5-7,9-10,15H,8,11-14H2,1-4H3,(H,20,21). The van der Waals surface area contributed by atoms with Crippen LogP contribution in [0.15, 0.2) is 41.4 Å². The number of ether oxygens (including phenoxy) is 1. The lowest BCUT2D eigenvalue weighted by Gasteiger charge is -2.22. The maximum absolute atomic E-state index is 5.73. The highest BCUT2D eigenvalue weighted by Crippen LogP contribution is 2.07. The second-order valence-electron chi connectivity index (χ2n) is 6.06. The number of aryl methyl sites for hydroxylation is 3. The molecule has 2 aromatic rings. The van der Waals surface area contributed by atoms with Crippen LogP contribution in [0.1, 0.15) is 17.8 Å². The minimum atomic E-state index is 0.618. The van der Waals surface area contributed by atoms with Crippen LogP contribution in [0.5, 0.6) is 5.75 Å². The Morgan fingerprint density at radius 1 is 1.28 bits per heavy atom. The van der Waals surface area contributed by atoms with E-state index in [1.165, 1.54) is 5.69 Å². The number of likely N-dealkylation sites (N-methyl/N-ethyl adjacent to an activating group) is 1. The van der Waals surface area contributed by atoms with Gasteiger partial charge in [0.25, 0.3) is 0 Å². The molecule has 0 saturated heterocycles. The lowest BCUT2D eigenvalue weighted by atomic mass is 10.3. The summed E-state index contributed by atoms with van der Waals surface area (Å²) < 4.78 is 7.79. The highest BCUT2D eigenvalue weighted by atomic mass is 16.5. The van der Waals surface area contributed by atoms with Gasteiger partial charge < -0.3 is 15.0 Å². The summed E-state index contributed by atoms with van der Waals surface area (Å²) in [5, 5.41) is 7.88. The van der Waals surface area contributed by atoms with E-state index in [-0.39, 0.29) is 0 Å². The number of aliphatic imine (C=N–C) groups is 1. The molecule has 0 aliphatic rings. The lowest BCUT2D eigenvalue weighted by molar-refractivity contribution is 0.281. The number of nitrogens with one attached hydrogen (secondary N) is 1. The van der Waals surface area contributed by atoms with E-state index < -0.39 is 0 Å². The van der Waals surface area contributed by atoms with Gasteiger partial charge in [-0.15, -0.1) is 0 Å². The molecule has 0 atom stereocenters. The van der Waals surface area contributed by atoms with Crippen molar-refractivity contribution in [2.24, 2.45) is 4.99 Å². The monoisotopic (exact) mass is 343 g/mol. The Hall–Kier alpha value is -2.50. The summed E-state index contributed by atoms with van der Waals surface area (Å²) in [6.07, 6.45) is 0.995. The minimum Gasteiger partial charge on any atom is -0.492 e. The molecule has 0 radical (unpaired) electrons. The van der Waals surface area contributed by atoms with E-state index >= 15 is 0 Å². The van der Waals surface area contributed by atoms with Crippen LogP contribution in [0.25, 0.3) is 0 Å². The summed E-state index contributed by atoms with van der Waals surface area (Å²) in [6, 6.07) is 12.0. The summed E-state index contributed by atoms with van der Waals surface area (Å²) in [6.45, 7) is 7.27. The van der Waals surface area contributed by atoms with Crippen LogP contribution < -0.4 is 10.1 Å². The molecule has 2 rings (SSSR count). The fourth-order valence-corrected chi connectivity index (χ4v) is 2.64. The summed E-state index contributed by atoms with van der Waals surface area (Å²) in [7, 11) is 3.82. The normalized spacial score (nSPS) is 11.4. The number of aromatic nitrogens is 2. The quantitative estimate of drug-likeness (QED) is 0.454. The molecule has 0 aliphatic heterocycles. The number of guanidine groups is 1. The van der Waals surface area contributed by atoms with Gasteiger partial charge in [0, 0.05) is 32.9 Å². The first-order valence-electron chi connectivity index (χ1n) is 8.71. The molecular formula is C19H29N5O. The maximum Gasteiger partial charge on any atom is 0.193 e. The van der Waals surface area contributed by atoms with Crippen LogP contribution in [0, 0.1) is 13.8 Å². The van der Waals surface area contributed by atoms with Crippen molar-refractivity contribution in [3.63, 3.8) is 0 Å². The van der Waals surface area contributed by atoms with Gasteiger partial charge in [-0.3, -0.25) is 9.67 Å². The highest BCUT2D eigenvalue weighted by molar-refractivity contribution is 5.79. The van der Waals surface area contributed by atoms with Crippen LogP contribution in [0.3, 0.4) is 0 Å². The predicted octanol–water partition coefficient (Wildman–Crippen LogP) is 2.48. The van der Waals surface area contributed by atoms with E-state index in [9.17, 15) is 0 Å². The molecule has 0 spiro atoms. The Morgan fingerprint density at radius 2 is 2.04 bits per heavy atom. The van der Waals surface area contributed by atoms with Gasteiger partial charge in [-0.05, 0) is 38.5 Å². The number of hydrogen-bond donors (Lipinski definition) is 1. The molecular weight excluding hydrogens is 314 g/mol. The molecule has 1 heterocycles. The van der Waals surface area contributed by atoms with Crippen molar-refractivity contribution in [1.29, 1.82) is 0 Å². The van der Waals surface area contributed by atoms with Gasteiger partial charge >= 0.3 is 0 Å². The summed E-state index contributed by atoms with van der Waals surface area (Å²) >= 11 is 0. The Bertz CT molecular complexity index is 666. The minimum absolute atomic E-state index is 0.618. The first kappa shape index (κ1) is 18.8. The van der Waals surface area contributed by atoms with Crippen molar-refractivity contribution < 1.29 is 4.74 Å². The van der Waals surface area contributed by atoms with E-state index in [4.69, 9.17) is 4.74 Å². The SMILES string of the molecule is CN=C(NCCCn1nc(C)cc1C)N(C)CCOc1ccccc1. The first-order chi connectivity index (χ1) is 12.1. The largest absolute Gasteiger partial charge is 0.492 e. The molecule has 0 amide bonds. The third-order valence-electron chi connectivity index (χ3n) is 3.95. The van der Waals surface area contributed by atoms with Crippen LogP contribution >= 0.6 is 0 Å². The average Bonchev–Trinajstić information content (AvgIpc) is 2.93. The van der Waals surface area contributed by atoms with Crippen LogP contribution in [0.4, 0.5) is 0 Å². The highest BCUT2D eigenvalue weighted by Gasteiger charge is 2.06. The number of rotatable bonds is 8. The molecule has 1 aromatic carbocycles. The van der Waals surface area contributed by atoms with Gasteiger partial charge in [0.15, 0.2) is 5.96 Å². The van der Waals surface area contributed by atoms with Gasteiger partial charge in [-0.2, -0.15) is 5.10 Å². The van der Waals surface area contributed by atoms with Crippen LogP contribution in [0.2, 0.25) is 0 Å². The van der Waals surface area contributed by atoms with Crippen molar-refractivity contribution in [2.45, 2.75) is 26.8 Å². The Morgan fingerprint density at radius 3 is 2.68 bits per heavy atom. The Labute approximate surface area is 150 Å². The topological polar surface area (TPSA) is 54.7 Å². The predicted molar refractivity (Wildman–Crippen MR) is 102 cm³/mol. The zero-order valence-corrected chi connectivity index (χ0v) is 15.7. The number of nitrogens with zero attached hydrogens (tertiary/aromatic N) is 4. The molecule has 0 unspecified atom stereocenters. The Kier molecular flexibility index (Phi) is 7.32. The molecule has 0 fully saturated rings. The first-order valence-corrected chi connectivity index (χ1v) is 8.71. The molecule has 0 saturated carbocycles. The smallest absolute Gasteiger partial charge is 0.193 e. The van der Waals surface area contributed by atoms with E-state index in [2.05, 4.69) is 38.0 Å². The summed E-state index contributed by atoms with van der Waals surface area (Å²) in [5.41, 5.74) is 2.27. The van der Waals surface area contributed by atoms with Crippen LogP contribution in [-0.4, -0.2) is 54.4 Å². The van der Waals surface area contributed by atoms with Gasteiger partial charge in [0.05, 0.1) is 12.2 Å². The van der Waals surface area contributed by atoms with Crippen molar-refractivity contribution in [2.75, 3.05) is 33.8 Å². The van der Waals surface area contributed by atoms with E-state index in [1.54, 1.807) is 7.05 Å². The van der Waals surface area contributed by atoms with Gasteiger partial charge in [0.1, 0.15) is 12.4 Å². The lowest BCUT2D eigenvalue weighted by Crippen LogP contribution is -2.41. The summed E-state index contributed by atoms with van der Waals surface area (Å²) in [4.78, 5) is 6.41. The molecule has 0 aliphatic carbocycles. The Balaban J connectivity index is 1.67. The molecule has 6 nitrogen and oxygen atoms in total. The maximum atomic E-state index is 5.73. The summed E-state index contributed by atoms with van der Waals surface area (Å²) in [5.74, 6) is 1.77. The van der Waals surface area contributed by atoms with Crippen LogP contribution in [-0.2, 0) is 6.54 Å². The average molecular weight is 343 g/mol. The van der Waals surface area contributed by atoms with E-state index in [0.29, 0.717) is 6.61 Å². The number of hydrogen-bond acceptors (Lipinski definition) is 3. The fraction of sp³-hybridized carbons (Fsp3) is 0.474. The number of benzene rings is 1. The third kappa shape index (κ3) is 6.14. The van der Waals surface area contributed by atoms with Gasteiger partial charge in [0.2, 0.25) is 0 Å². The second-order valence-corrected chi connectivity index (χ2v) is 6.06. The van der Waals surface area contributed by atoms with Crippen molar-refractivity contribution in [3.05, 3.63) is 47.8 Å². The molecule has 1 N–H and O–H groups in total. The molecule has 136 valence electrons. The molecule has 25 heavy (non-hydrogen) atoms. The van der Waals surface area contributed by atoms with E-state index in [1.807, 2.05) is 44.3 Å². The molecule has 1 aromatic heterocycles. The zero-order valence-electron chi connectivity index (χ0n) is 15.7. The van der Waals surface area contributed by atoms with Crippen molar-refractivity contribution in [3.8, 4) is 5.75 Å². The van der Waals surface area contributed by atoms with Gasteiger partial charge in [-0.25, -0.2) is 0 Å². The second kappa shape index (κ2) is 9.71. The van der Waals surface area contributed by atoms with Crippen molar-refractivity contribution >= 4 is 5.96 Å².